The van der Waals surface area contributed by atoms with Gasteiger partial charge < -0.3 is 20.3 Å². The van der Waals surface area contributed by atoms with Gasteiger partial charge in [-0.3, -0.25) is 14.4 Å². The molecule has 0 radical (unpaired) electrons. The summed E-state index contributed by atoms with van der Waals surface area (Å²) in [6.07, 6.45) is -0.0247. The van der Waals surface area contributed by atoms with E-state index in [9.17, 15) is 19.2 Å². The lowest BCUT2D eigenvalue weighted by Crippen LogP contribution is -2.28. The van der Waals surface area contributed by atoms with Gasteiger partial charge in [0.1, 0.15) is 5.25 Å². The van der Waals surface area contributed by atoms with Crippen molar-refractivity contribution >= 4 is 46.3 Å². The summed E-state index contributed by atoms with van der Waals surface area (Å²) in [5.41, 5.74) is 0.592. The van der Waals surface area contributed by atoms with Crippen LogP contribution in [-0.4, -0.2) is 65.8 Å². The van der Waals surface area contributed by atoms with E-state index in [-0.39, 0.29) is 30.4 Å². The summed E-state index contributed by atoms with van der Waals surface area (Å²) in [6, 6.07) is 6.17. The number of amides is 3. The Balaban J connectivity index is 1.92. The maximum Gasteiger partial charge on any atom is 0.338 e. The van der Waals surface area contributed by atoms with Crippen LogP contribution in [0.1, 0.15) is 30.6 Å². The summed E-state index contributed by atoms with van der Waals surface area (Å²) in [4.78, 5) is 53.6. The van der Waals surface area contributed by atoms with Crippen molar-refractivity contribution in [2.45, 2.75) is 25.5 Å². The molecule has 1 aromatic rings. The zero-order valence-electron chi connectivity index (χ0n) is 16.6. The molecular formula is C19H24N4O5S. The van der Waals surface area contributed by atoms with Gasteiger partial charge >= 0.3 is 5.97 Å². The quantitative estimate of drug-likeness (QED) is 0.608. The van der Waals surface area contributed by atoms with Crippen LogP contribution >= 0.6 is 11.8 Å². The number of anilines is 1. The summed E-state index contributed by atoms with van der Waals surface area (Å²) in [5.74, 6) is -1.78. The lowest BCUT2D eigenvalue weighted by molar-refractivity contribution is -0.123. The van der Waals surface area contributed by atoms with Gasteiger partial charge in [-0.05, 0) is 32.0 Å². The first-order valence-corrected chi connectivity index (χ1v) is 10.1. The molecule has 0 saturated heterocycles. The molecule has 29 heavy (non-hydrogen) atoms. The van der Waals surface area contributed by atoms with Crippen LogP contribution in [0.4, 0.5) is 5.69 Å². The van der Waals surface area contributed by atoms with Crippen molar-refractivity contribution in [3.8, 4) is 0 Å². The highest BCUT2D eigenvalue weighted by molar-refractivity contribution is 8.15. The number of nitrogens with zero attached hydrogens (tertiary/aromatic N) is 2. The third-order valence-corrected chi connectivity index (χ3v) is 5.34. The fourth-order valence-corrected chi connectivity index (χ4v) is 3.72. The van der Waals surface area contributed by atoms with Gasteiger partial charge in [0.15, 0.2) is 11.8 Å². The molecule has 10 heteroatoms. The van der Waals surface area contributed by atoms with Gasteiger partial charge in [0, 0.05) is 32.2 Å². The molecule has 2 N–H and O–H groups in total. The van der Waals surface area contributed by atoms with Crippen LogP contribution in [0, 0.1) is 0 Å². The van der Waals surface area contributed by atoms with Crippen LogP contribution in [0.5, 0.6) is 0 Å². The van der Waals surface area contributed by atoms with E-state index in [0.29, 0.717) is 10.9 Å². The number of thioether (sulfide) groups is 1. The number of aliphatic imine (C=N–C) groups is 1. The van der Waals surface area contributed by atoms with E-state index in [1.807, 2.05) is 18.7 Å². The standard InChI is InChI=1S/C19H24N4O5S/c1-4-23(5-2)19-22-17(26)14(29-19)10-15(24)21-13-8-6-7-12(9-13)18(27)28-11-16(25)20-3/h6-9,14H,4-5,10-11H2,1-3H3,(H,20,25)(H,21,24)/t14-/m1/s1. The van der Waals surface area contributed by atoms with Gasteiger partial charge in [-0.2, -0.15) is 4.99 Å². The average Bonchev–Trinajstić information content (AvgIpc) is 3.06. The van der Waals surface area contributed by atoms with E-state index in [4.69, 9.17) is 4.74 Å². The number of carbonyl (C=O) groups excluding carboxylic acids is 4. The van der Waals surface area contributed by atoms with Crippen molar-refractivity contribution in [3.63, 3.8) is 0 Å². The van der Waals surface area contributed by atoms with Crippen molar-refractivity contribution in [2.24, 2.45) is 4.99 Å². The van der Waals surface area contributed by atoms with E-state index < -0.39 is 17.1 Å². The number of hydrogen-bond acceptors (Lipinski definition) is 7. The first kappa shape index (κ1) is 22.4. The number of nitrogens with one attached hydrogen (secondary N) is 2. The SMILES string of the molecule is CCN(CC)C1=NC(=O)[C@@H](CC(=O)Nc2cccc(C(=O)OCC(=O)NC)c2)S1. The Morgan fingerprint density at radius 3 is 2.59 bits per heavy atom. The number of carbonyl (C=O) groups is 4. The minimum atomic E-state index is -0.677. The van der Waals surface area contributed by atoms with Gasteiger partial charge in [0.05, 0.1) is 5.56 Å². The van der Waals surface area contributed by atoms with Gasteiger partial charge in [-0.15, -0.1) is 0 Å². The minimum absolute atomic E-state index is 0.0247. The van der Waals surface area contributed by atoms with Gasteiger partial charge in [-0.25, -0.2) is 4.79 Å². The molecule has 0 unspecified atom stereocenters. The Labute approximate surface area is 173 Å². The molecule has 1 aliphatic rings. The van der Waals surface area contributed by atoms with Crippen molar-refractivity contribution in [2.75, 3.05) is 32.1 Å². The number of ether oxygens (including phenoxy) is 1. The zero-order chi connectivity index (χ0) is 21.4. The van der Waals surface area contributed by atoms with Crippen molar-refractivity contribution in [3.05, 3.63) is 29.8 Å². The molecule has 1 aliphatic heterocycles. The number of benzene rings is 1. The maximum absolute atomic E-state index is 12.4. The lowest BCUT2D eigenvalue weighted by atomic mass is 10.2. The molecule has 2 rings (SSSR count). The first-order valence-electron chi connectivity index (χ1n) is 9.19. The predicted octanol–water partition coefficient (Wildman–Crippen LogP) is 1.26. The van der Waals surface area contributed by atoms with Gasteiger partial charge in [0.25, 0.3) is 11.8 Å². The van der Waals surface area contributed by atoms with Crippen LogP contribution in [0.25, 0.3) is 0 Å². The van der Waals surface area contributed by atoms with E-state index in [1.54, 1.807) is 12.1 Å². The Hall–Kier alpha value is -2.88. The minimum Gasteiger partial charge on any atom is -0.452 e. The summed E-state index contributed by atoms with van der Waals surface area (Å²) in [6.45, 7) is 5.03. The van der Waals surface area contributed by atoms with Crippen LogP contribution in [-0.2, 0) is 19.1 Å². The normalized spacial score (nSPS) is 15.5. The maximum atomic E-state index is 12.4. The monoisotopic (exact) mass is 420 g/mol. The highest BCUT2D eigenvalue weighted by Gasteiger charge is 2.32. The largest absolute Gasteiger partial charge is 0.452 e. The third kappa shape index (κ3) is 6.31. The van der Waals surface area contributed by atoms with Crippen molar-refractivity contribution in [1.82, 2.24) is 10.2 Å². The topological polar surface area (TPSA) is 117 Å². The molecule has 0 spiro atoms. The number of amidine groups is 1. The van der Waals surface area contributed by atoms with Crippen LogP contribution in [0.3, 0.4) is 0 Å². The molecule has 0 bridgehead atoms. The molecule has 0 aliphatic carbocycles. The average molecular weight is 420 g/mol. The Morgan fingerprint density at radius 2 is 1.93 bits per heavy atom. The molecule has 0 fully saturated rings. The highest BCUT2D eigenvalue weighted by Crippen LogP contribution is 2.27. The van der Waals surface area contributed by atoms with E-state index >= 15 is 0 Å². The molecule has 0 saturated carbocycles. The molecule has 3 amide bonds. The molecular weight excluding hydrogens is 396 g/mol. The van der Waals surface area contributed by atoms with Crippen LogP contribution in [0.2, 0.25) is 0 Å². The highest BCUT2D eigenvalue weighted by atomic mass is 32.2. The van der Waals surface area contributed by atoms with Crippen molar-refractivity contribution < 1.29 is 23.9 Å². The van der Waals surface area contributed by atoms with E-state index in [2.05, 4.69) is 15.6 Å². The summed E-state index contributed by atoms with van der Waals surface area (Å²) >= 11 is 1.29. The second-order valence-electron chi connectivity index (χ2n) is 6.09. The molecule has 1 heterocycles. The smallest absolute Gasteiger partial charge is 0.338 e. The first-order chi connectivity index (χ1) is 13.9. The fraction of sp³-hybridized carbons (Fsp3) is 0.421. The van der Waals surface area contributed by atoms with Gasteiger partial charge in [0.2, 0.25) is 5.91 Å². The van der Waals surface area contributed by atoms with Crippen molar-refractivity contribution in [1.29, 1.82) is 0 Å². The molecule has 0 aromatic heterocycles. The summed E-state index contributed by atoms with van der Waals surface area (Å²) in [7, 11) is 1.44. The second kappa shape index (κ2) is 10.6. The van der Waals surface area contributed by atoms with E-state index in [1.165, 1.54) is 30.9 Å². The number of rotatable bonds is 8. The molecule has 1 aromatic carbocycles. The molecule has 1 atom stereocenters. The van der Waals surface area contributed by atoms with Gasteiger partial charge in [-0.1, -0.05) is 17.8 Å². The Bertz CT molecular complexity index is 823. The number of hydrogen-bond donors (Lipinski definition) is 2. The third-order valence-electron chi connectivity index (χ3n) is 4.13. The lowest BCUT2D eigenvalue weighted by Gasteiger charge is -2.19. The Morgan fingerprint density at radius 1 is 1.21 bits per heavy atom. The van der Waals surface area contributed by atoms with Crippen LogP contribution < -0.4 is 10.6 Å². The number of likely N-dealkylation sites (N-methyl/N-ethyl adjacent to an activating group) is 1. The fourth-order valence-electron chi connectivity index (χ4n) is 2.53. The predicted molar refractivity (Wildman–Crippen MR) is 111 cm³/mol. The number of esters is 1. The summed E-state index contributed by atoms with van der Waals surface area (Å²) < 4.78 is 4.89. The Kier molecular flexibility index (Phi) is 8.20. The molecule has 156 valence electrons. The van der Waals surface area contributed by atoms with E-state index in [0.717, 1.165) is 13.1 Å². The second-order valence-corrected chi connectivity index (χ2v) is 7.26. The zero-order valence-corrected chi connectivity index (χ0v) is 17.4. The molecule has 9 nitrogen and oxygen atoms in total. The summed E-state index contributed by atoms with van der Waals surface area (Å²) in [5, 5.41) is 5.10. The van der Waals surface area contributed by atoms with Crippen LogP contribution in [0.15, 0.2) is 29.3 Å².